The maximum absolute atomic E-state index is 13.0. The first-order valence-electron chi connectivity index (χ1n) is 16.5. The lowest BCUT2D eigenvalue weighted by atomic mass is 9.79. The molecule has 2 aliphatic rings. The van der Waals surface area contributed by atoms with Crippen LogP contribution in [0, 0.1) is 0 Å². The molecule has 5 aromatic rings. The number of hydrogen-bond donors (Lipinski definition) is 2. The highest BCUT2D eigenvalue weighted by molar-refractivity contribution is 5.71. The summed E-state index contributed by atoms with van der Waals surface area (Å²) in [7, 11) is 6.88. The predicted molar refractivity (Wildman–Crippen MR) is 190 cm³/mol. The van der Waals surface area contributed by atoms with Crippen molar-refractivity contribution in [1.82, 2.24) is 24.4 Å². The maximum Gasteiger partial charge on any atom is 0.280 e. The van der Waals surface area contributed by atoms with Crippen LogP contribution in [0.4, 0.5) is 5.95 Å². The van der Waals surface area contributed by atoms with E-state index in [0.29, 0.717) is 23.5 Å². The van der Waals surface area contributed by atoms with E-state index in [9.17, 15) is 9.90 Å². The van der Waals surface area contributed by atoms with E-state index in [4.69, 9.17) is 23.7 Å². The molecule has 2 fully saturated rings. The number of fused-ring (bicyclic) bond motifs is 3. The molecule has 0 saturated carbocycles. The Hall–Kier alpha value is -5.34. The molecule has 4 atom stereocenters. The fourth-order valence-corrected chi connectivity index (χ4v) is 6.83. The fraction of sp³-hybridized carbons (Fsp3) is 0.316. The number of aliphatic hydroxyl groups excluding tert-OH is 1. The summed E-state index contributed by atoms with van der Waals surface area (Å²) in [4.78, 5) is 30.6. The van der Waals surface area contributed by atoms with E-state index >= 15 is 0 Å². The second kappa shape index (κ2) is 13.8. The van der Waals surface area contributed by atoms with Crippen LogP contribution in [-0.4, -0.2) is 88.8 Å². The highest BCUT2D eigenvalue weighted by Crippen LogP contribution is 2.50. The Morgan fingerprint density at radius 1 is 1.04 bits per heavy atom. The molecule has 2 aliphatic heterocycles. The molecule has 2 aromatic heterocycles. The Balaban J connectivity index is 1.33. The number of aliphatic hydroxyl groups is 1. The van der Waals surface area contributed by atoms with Crippen LogP contribution in [0.15, 0.2) is 107 Å². The Kier molecular flexibility index (Phi) is 9.21. The standard InChI is InChI=1S/C38H40N6O7/c1-24-19-31(45)50-30-20-37(24,51-35(30)44-23-39-32-33(44)41-36(42-34(32)46)40-22-43(2)3)21-49-38(25-9-7-6-8-10-25,26-11-15-28(47-4)16-12-26)27-13-17-29(48-5)18-14-27/h6-18,22-23,30-31,35,45H,1,19-21H2,2-5H3,(H,41,42,46)/t30-,31+,35-,37+/m1/s1. The van der Waals surface area contributed by atoms with Crippen LogP contribution in [0.2, 0.25) is 0 Å². The number of aromatic amines is 1. The summed E-state index contributed by atoms with van der Waals surface area (Å²) in [6.45, 7) is 4.42. The van der Waals surface area contributed by atoms with Crippen LogP contribution in [0.25, 0.3) is 11.2 Å². The summed E-state index contributed by atoms with van der Waals surface area (Å²) in [5.41, 5.74) is 0.886. The lowest BCUT2D eigenvalue weighted by Gasteiger charge is -2.40. The van der Waals surface area contributed by atoms with Crippen LogP contribution in [0.1, 0.15) is 35.8 Å². The number of hydrogen-bond acceptors (Lipinski definition) is 10. The molecule has 2 bridgehead atoms. The van der Waals surface area contributed by atoms with Crippen molar-refractivity contribution in [3.8, 4) is 11.5 Å². The monoisotopic (exact) mass is 692 g/mol. The third kappa shape index (κ3) is 6.29. The number of nitrogens with one attached hydrogen (secondary N) is 1. The van der Waals surface area contributed by atoms with Crippen molar-refractivity contribution in [3.05, 3.63) is 124 Å². The average Bonchev–Trinajstić information content (AvgIpc) is 3.70. The van der Waals surface area contributed by atoms with Gasteiger partial charge in [0.15, 0.2) is 23.7 Å². The molecular formula is C38H40N6O7. The van der Waals surface area contributed by atoms with Gasteiger partial charge in [0, 0.05) is 26.9 Å². The van der Waals surface area contributed by atoms with Gasteiger partial charge in [-0.3, -0.25) is 14.3 Å². The highest BCUT2D eigenvalue weighted by atomic mass is 16.6. The van der Waals surface area contributed by atoms with Crippen LogP contribution < -0.4 is 15.0 Å². The predicted octanol–water partition coefficient (Wildman–Crippen LogP) is 4.69. The topological polar surface area (TPSA) is 146 Å². The molecule has 0 aliphatic carbocycles. The normalized spacial score (nSPS) is 22.0. The zero-order chi connectivity index (χ0) is 35.8. The number of aliphatic imine (C=N–C) groups is 1. The first kappa shape index (κ1) is 34.1. The minimum absolute atomic E-state index is 0.0287. The molecule has 0 spiro atoms. The Morgan fingerprint density at radius 3 is 2.27 bits per heavy atom. The summed E-state index contributed by atoms with van der Waals surface area (Å²) in [5, 5.41) is 11.0. The number of H-pyrrole nitrogens is 1. The molecule has 2 N–H and O–H groups in total. The molecule has 2 saturated heterocycles. The van der Waals surface area contributed by atoms with Crippen LogP contribution >= 0.6 is 0 Å². The zero-order valence-corrected chi connectivity index (χ0v) is 28.9. The summed E-state index contributed by atoms with van der Waals surface area (Å²) < 4.78 is 33.0. The van der Waals surface area contributed by atoms with Crippen LogP contribution in [-0.2, 0) is 19.8 Å². The first-order valence-corrected chi connectivity index (χ1v) is 16.5. The molecule has 0 radical (unpaired) electrons. The van der Waals surface area contributed by atoms with Crippen LogP contribution in [0.3, 0.4) is 0 Å². The van der Waals surface area contributed by atoms with Gasteiger partial charge in [-0.15, -0.1) is 0 Å². The molecule has 7 rings (SSSR count). The molecule has 51 heavy (non-hydrogen) atoms. The van der Waals surface area contributed by atoms with Crippen molar-refractivity contribution in [3.63, 3.8) is 0 Å². The van der Waals surface area contributed by atoms with Crippen molar-refractivity contribution < 1.29 is 28.8 Å². The van der Waals surface area contributed by atoms with E-state index in [1.54, 1.807) is 23.7 Å². The zero-order valence-electron chi connectivity index (χ0n) is 28.9. The summed E-state index contributed by atoms with van der Waals surface area (Å²) in [6, 6.07) is 25.5. The van der Waals surface area contributed by atoms with Gasteiger partial charge in [0.25, 0.3) is 5.56 Å². The number of aromatic nitrogens is 4. The number of nitrogens with zero attached hydrogens (tertiary/aromatic N) is 5. The average molecular weight is 693 g/mol. The van der Waals surface area contributed by atoms with E-state index in [1.807, 2.05) is 93.0 Å². The minimum atomic E-state index is -1.13. The quantitative estimate of drug-likeness (QED) is 0.0866. The van der Waals surface area contributed by atoms with E-state index in [1.165, 1.54) is 12.7 Å². The van der Waals surface area contributed by atoms with Gasteiger partial charge in [-0.25, -0.2) is 9.98 Å². The SMILES string of the molecule is C=C1C[C@@H](O)O[C@@H]2C[C@@]1(COC(c1ccccc1)(c1ccc(OC)cc1)c1ccc(OC)cc1)O[C@H]2n1cnc2c(=O)[nH]c(N=CN(C)C)nc21. The summed E-state index contributed by atoms with van der Waals surface area (Å²) >= 11 is 0. The number of rotatable bonds is 11. The van der Waals surface area contributed by atoms with E-state index in [-0.39, 0.29) is 30.1 Å². The van der Waals surface area contributed by atoms with Gasteiger partial charge < -0.3 is 33.7 Å². The number of benzene rings is 3. The Bertz CT molecular complexity index is 2050. The molecule has 264 valence electrons. The summed E-state index contributed by atoms with van der Waals surface area (Å²) in [5.74, 6) is 1.52. The third-order valence-corrected chi connectivity index (χ3v) is 9.39. The van der Waals surface area contributed by atoms with Gasteiger partial charge in [0.2, 0.25) is 5.95 Å². The van der Waals surface area contributed by atoms with Gasteiger partial charge >= 0.3 is 0 Å². The Morgan fingerprint density at radius 2 is 1.67 bits per heavy atom. The van der Waals surface area contributed by atoms with E-state index in [0.717, 1.165) is 16.7 Å². The van der Waals surface area contributed by atoms with Crippen molar-refractivity contribution >= 4 is 23.5 Å². The molecule has 0 unspecified atom stereocenters. The Labute approximate surface area is 294 Å². The number of methoxy groups -OCH3 is 2. The van der Waals surface area contributed by atoms with E-state index < -0.39 is 35.4 Å². The smallest absolute Gasteiger partial charge is 0.280 e. The fourth-order valence-electron chi connectivity index (χ4n) is 6.83. The summed E-state index contributed by atoms with van der Waals surface area (Å²) in [6.07, 6.45) is 0.837. The molecule has 13 nitrogen and oxygen atoms in total. The first-order chi connectivity index (χ1) is 24.7. The van der Waals surface area contributed by atoms with Gasteiger partial charge in [0.1, 0.15) is 28.8 Å². The third-order valence-electron chi connectivity index (χ3n) is 9.39. The molecule has 13 heteroatoms. The van der Waals surface area contributed by atoms with Gasteiger partial charge in [0.05, 0.1) is 33.5 Å². The molecule has 3 aromatic carbocycles. The van der Waals surface area contributed by atoms with Gasteiger partial charge in [-0.05, 0) is 46.5 Å². The lowest BCUT2D eigenvalue weighted by molar-refractivity contribution is -0.184. The molecule has 0 amide bonds. The largest absolute Gasteiger partial charge is 0.497 e. The minimum Gasteiger partial charge on any atom is -0.497 e. The highest BCUT2D eigenvalue weighted by Gasteiger charge is 2.55. The lowest BCUT2D eigenvalue weighted by Crippen LogP contribution is -2.43. The number of imidazole rings is 1. The second-order valence-corrected chi connectivity index (χ2v) is 12.9. The van der Waals surface area contributed by atoms with Crippen LogP contribution in [0.5, 0.6) is 11.5 Å². The van der Waals surface area contributed by atoms with Crippen molar-refractivity contribution in [2.45, 2.75) is 42.7 Å². The molecular weight excluding hydrogens is 652 g/mol. The maximum atomic E-state index is 13.0. The number of ether oxygens (including phenoxy) is 5. The molecule has 4 heterocycles. The second-order valence-electron chi connectivity index (χ2n) is 12.9. The van der Waals surface area contributed by atoms with Crippen molar-refractivity contribution in [2.75, 3.05) is 34.9 Å². The van der Waals surface area contributed by atoms with Crippen molar-refractivity contribution in [1.29, 1.82) is 0 Å². The van der Waals surface area contributed by atoms with Gasteiger partial charge in [-0.2, -0.15) is 4.98 Å². The van der Waals surface area contributed by atoms with Crippen molar-refractivity contribution in [2.24, 2.45) is 4.99 Å². The van der Waals surface area contributed by atoms with Gasteiger partial charge in [-0.1, -0.05) is 61.2 Å². The van der Waals surface area contributed by atoms with E-state index in [2.05, 4.69) is 26.5 Å².